The molecule has 7 nitrogen and oxygen atoms in total. The van der Waals surface area contributed by atoms with Gasteiger partial charge in [-0.2, -0.15) is 5.10 Å². The minimum absolute atomic E-state index is 0.551. The predicted octanol–water partition coefficient (Wildman–Crippen LogP) is 3.67. The Hall–Kier alpha value is -3.00. The van der Waals surface area contributed by atoms with E-state index in [-0.39, 0.29) is 0 Å². The Labute approximate surface area is 187 Å². The van der Waals surface area contributed by atoms with E-state index in [1.54, 1.807) is 7.11 Å². The van der Waals surface area contributed by atoms with E-state index in [0.717, 1.165) is 41.9 Å². The van der Waals surface area contributed by atoms with Gasteiger partial charge in [-0.25, -0.2) is 4.98 Å². The number of nitrogens with one attached hydrogen (secondary N) is 2. The molecule has 0 saturated carbocycles. The first-order chi connectivity index (χ1) is 15.2. The van der Waals surface area contributed by atoms with Crippen molar-refractivity contribution in [2.24, 2.45) is 10.9 Å². The highest BCUT2D eigenvalue weighted by Gasteiger charge is 2.25. The second-order valence-electron chi connectivity index (χ2n) is 7.46. The lowest BCUT2D eigenvalue weighted by atomic mass is 10.2. The maximum absolute atomic E-state index is 5.20. The molecule has 4 rings (SSSR count). The largest absolute Gasteiger partial charge is 0.497 e. The average Bonchev–Trinajstić information content (AvgIpc) is 3.49. The molecular weight excluding hydrogens is 408 g/mol. The van der Waals surface area contributed by atoms with E-state index in [0.29, 0.717) is 18.3 Å². The van der Waals surface area contributed by atoms with E-state index in [1.807, 2.05) is 43.1 Å². The number of H-pyrrole nitrogens is 1. The van der Waals surface area contributed by atoms with Gasteiger partial charge in [-0.1, -0.05) is 18.2 Å². The van der Waals surface area contributed by atoms with E-state index in [2.05, 4.69) is 60.7 Å². The Bertz CT molecular complexity index is 989. The SMILES string of the molecule is CN=C(NCc1nc(-c2ccc(OC)cc2)n[nH]1)N1CCC(CSc2ccccc2)C1. The summed E-state index contributed by atoms with van der Waals surface area (Å²) in [6.45, 7) is 2.59. The number of hydrogen-bond donors (Lipinski definition) is 2. The molecule has 8 heteroatoms. The molecule has 1 saturated heterocycles. The first kappa shape index (κ1) is 21.2. The van der Waals surface area contributed by atoms with Gasteiger partial charge in [0.2, 0.25) is 0 Å². The number of aromatic nitrogens is 3. The molecule has 1 aliphatic rings. The molecule has 0 aliphatic carbocycles. The number of methoxy groups -OCH3 is 1. The third-order valence-corrected chi connectivity index (χ3v) is 6.56. The zero-order valence-electron chi connectivity index (χ0n) is 17.9. The van der Waals surface area contributed by atoms with Crippen molar-refractivity contribution in [1.82, 2.24) is 25.4 Å². The molecule has 3 aromatic rings. The Kier molecular flexibility index (Phi) is 7.09. The van der Waals surface area contributed by atoms with E-state index in [1.165, 1.54) is 11.3 Å². The Morgan fingerprint density at radius 1 is 1.23 bits per heavy atom. The van der Waals surface area contributed by atoms with E-state index in [9.17, 15) is 0 Å². The standard InChI is InChI=1S/C23H28N6OS/c1-24-23(29-13-12-17(15-29)16-31-20-6-4-3-5-7-20)25-14-21-26-22(28-27-21)18-8-10-19(30-2)11-9-18/h3-11,17H,12-16H2,1-2H3,(H,24,25)(H,26,27,28). The summed E-state index contributed by atoms with van der Waals surface area (Å²) < 4.78 is 5.20. The van der Waals surface area contributed by atoms with Crippen molar-refractivity contribution in [2.45, 2.75) is 17.9 Å². The normalized spacial score (nSPS) is 16.5. The van der Waals surface area contributed by atoms with Gasteiger partial charge in [-0.05, 0) is 48.7 Å². The number of aromatic amines is 1. The van der Waals surface area contributed by atoms with Crippen LogP contribution in [-0.2, 0) is 6.54 Å². The van der Waals surface area contributed by atoms with Crippen LogP contribution in [0.5, 0.6) is 5.75 Å². The van der Waals surface area contributed by atoms with Gasteiger partial charge in [-0.15, -0.1) is 11.8 Å². The molecule has 1 fully saturated rings. The van der Waals surface area contributed by atoms with Crippen molar-refractivity contribution in [2.75, 3.05) is 33.0 Å². The number of likely N-dealkylation sites (tertiary alicyclic amines) is 1. The van der Waals surface area contributed by atoms with E-state index >= 15 is 0 Å². The van der Waals surface area contributed by atoms with Crippen LogP contribution in [0.3, 0.4) is 0 Å². The molecule has 0 amide bonds. The molecule has 2 heterocycles. The van der Waals surface area contributed by atoms with Gasteiger partial charge in [0.15, 0.2) is 11.8 Å². The molecule has 31 heavy (non-hydrogen) atoms. The summed E-state index contributed by atoms with van der Waals surface area (Å²) in [5, 5.41) is 10.8. The Morgan fingerprint density at radius 2 is 2.03 bits per heavy atom. The van der Waals surface area contributed by atoms with Crippen molar-refractivity contribution in [3.8, 4) is 17.1 Å². The number of benzene rings is 2. The summed E-state index contributed by atoms with van der Waals surface area (Å²) in [4.78, 5) is 12.7. The second-order valence-corrected chi connectivity index (χ2v) is 8.55. The van der Waals surface area contributed by atoms with Crippen molar-refractivity contribution in [1.29, 1.82) is 0 Å². The van der Waals surface area contributed by atoms with Gasteiger partial charge in [0, 0.05) is 36.3 Å². The van der Waals surface area contributed by atoms with Gasteiger partial charge in [0.05, 0.1) is 13.7 Å². The summed E-state index contributed by atoms with van der Waals surface area (Å²) in [6.07, 6.45) is 1.18. The van der Waals surface area contributed by atoms with Crippen LogP contribution < -0.4 is 10.1 Å². The summed E-state index contributed by atoms with van der Waals surface area (Å²) in [5.74, 6) is 4.97. The molecule has 1 unspecified atom stereocenters. The maximum Gasteiger partial charge on any atom is 0.194 e. The lowest BCUT2D eigenvalue weighted by molar-refractivity contribution is 0.415. The summed E-state index contributed by atoms with van der Waals surface area (Å²) in [5.41, 5.74) is 0.950. The molecule has 1 aromatic heterocycles. The van der Waals surface area contributed by atoms with E-state index < -0.39 is 0 Å². The molecule has 0 bridgehead atoms. The van der Waals surface area contributed by atoms with Gasteiger partial charge < -0.3 is 15.0 Å². The van der Waals surface area contributed by atoms with Crippen LogP contribution >= 0.6 is 11.8 Å². The molecule has 2 N–H and O–H groups in total. The van der Waals surface area contributed by atoms with Gasteiger partial charge in [-0.3, -0.25) is 10.1 Å². The molecular formula is C23H28N6OS. The number of aliphatic imine (C=N–C) groups is 1. The minimum atomic E-state index is 0.551. The third kappa shape index (κ3) is 5.58. The number of nitrogens with zero attached hydrogens (tertiary/aromatic N) is 4. The summed E-state index contributed by atoms with van der Waals surface area (Å²) >= 11 is 1.93. The highest BCUT2D eigenvalue weighted by Crippen LogP contribution is 2.26. The average molecular weight is 437 g/mol. The molecule has 162 valence electrons. The second kappa shape index (κ2) is 10.3. The zero-order chi connectivity index (χ0) is 21.5. The van der Waals surface area contributed by atoms with Crippen LogP contribution in [0.25, 0.3) is 11.4 Å². The molecule has 1 atom stereocenters. The molecule has 2 aromatic carbocycles. The third-order valence-electron chi connectivity index (χ3n) is 5.32. The summed E-state index contributed by atoms with van der Waals surface area (Å²) in [6, 6.07) is 18.3. The van der Waals surface area contributed by atoms with Crippen molar-refractivity contribution in [3.63, 3.8) is 0 Å². The van der Waals surface area contributed by atoms with Crippen molar-refractivity contribution >= 4 is 17.7 Å². The smallest absolute Gasteiger partial charge is 0.194 e. The molecule has 1 aliphatic heterocycles. The first-order valence-electron chi connectivity index (χ1n) is 10.4. The zero-order valence-corrected chi connectivity index (χ0v) is 18.7. The van der Waals surface area contributed by atoms with Gasteiger partial charge in [0.25, 0.3) is 0 Å². The summed E-state index contributed by atoms with van der Waals surface area (Å²) in [7, 11) is 3.49. The minimum Gasteiger partial charge on any atom is -0.497 e. The van der Waals surface area contributed by atoms with Crippen LogP contribution in [0.15, 0.2) is 64.5 Å². The monoisotopic (exact) mass is 436 g/mol. The first-order valence-corrected chi connectivity index (χ1v) is 11.4. The van der Waals surface area contributed by atoms with Gasteiger partial charge >= 0.3 is 0 Å². The fourth-order valence-corrected chi connectivity index (χ4v) is 4.68. The van der Waals surface area contributed by atoms with Crippen LogP contribution in [-0.4, -0.2) is 59.0 Å². The number of guanidine groups is 1. The maximum atomic E-state index is 5.20. The lowest BCUT2D eigenvalue weighted by Gasteiger charge is -2.21. The van der Waals surface area contributed by atoms with E-state index in [4.69, 9.17) is 4.74 Å². The fraction of sp³-hybridized carbons (Fsp3) is 0.348. The number of ether oxygens (including phenoxy) is 1. The predicted molar refractivity (Wildman–Crippen MR) is 125 cm³/mol. The van der Waals surface area contributed by atoms with Crippen molar-refractivity contribution < 1.29 is 4.74 Å². The molecule has 0 radical (unpaired) electrons. The Morgan fingerprint density at radius 3 is 2.77 bits per heavy atom. The van der Waals surface area contributed by atoms with Crippen LogP contribution in [0, 0.1) is 5.92 Å². The highest BCUT2D eigenvalue weighted by molar-refractivity contribution is 7.99. The Balaban J connectivity index is 1.27. The topological polar surface area (TPSA) is 78.4 Å². The van der Waals surface area contributed by atoms with Crippen LogP contribution in [0.1, 0.15) is 12.2 Å². The van der Waals surface area contributed by atoms with Crippen LogP contribution in [0.4, 0.5) is 0 Å². The number of rotatable bonds is 7. The number of thioether (sulfide) groups is 1. The quantitative estimate of drug-likeness (QED) is 0.334. The number of hydrogen-bond acceptors (Lipinski definition) is 5. The molecule has 0 spiro atoms. The lowest BCUT2D eigenvalue weighted by Crippen LogP contribution is -2.40. The van der Waals surface area contributed by atoms with Crippen LogP contribution in [0.2, 0.25) is 0 Å². The van der Waals surface area contributed by atoms with Gasteiger partial charge in [0.1, 0.15) is 11.6 Å². The fourth-order valence-electron chi connectivity index (χ4n) is 3.63. The van der Waals surface area contributed by atoms with Crippen molar-refractivity contribution in [3.05, 3.63) is 60.4 Å². The highest BCUT2D eigenvalue weighted by atomic mass is 32.2.